The number of benzene rings is 1. The van der Waals surface area contributed by atoms with E-state index in [1.54, 1.807) is 20.7 Å². The van der Waals surface area contributed by atoms with Crippen molar-refractivity contribution in [2.24, 2.45) is 0 Å². The number of nitrogens with zero attached hydrogens (tertiary/aromatic N) is 5. The Balaban J connectivity index is 1.30. The molecule has 8 nitrogen and oxygen atoms in total. The second-order valence-electron chi connectivity index (χ2n) is 9.44. The number of carbonyl (C=O) groups excluding carboxylic acids is 2. The van der Waals surface area contributed by atoms with Crippen LogP contribution in [0.3, 0.4) is 0 Å². The van der Waals surface area contributed by atoms with Gasteiger partial charge < -0.3 is 14.8 Å². The molecule has 6 rings (SSSR count). The van der Waals surface area contributed by atoms with Gasteiger partial charge in [-0.2, -0.15) is 5.10 Å². The summed E-state index contributed by atoms with van der Waals surface area (Å²) >= 11 is 0. The number of aromatic nitrogens is 4. The molecule has 4 aromatic rings. The first kappa shape index (κ1) is 23.3. The number of aromatic amines is 1. The van der Waals surface area contributed by atoms with Crippen LogP contribution >= 0.6 is 0 Å². The maximum atomic E-state index is 14.1. The van der Waals surface area contributed by atoms with E-state index < -0.39 is 23.7 Å². The van der Waals surface area contributed by atoms with Crippen molar-refractivity contribution in [3.05, 3.63) is 82.3 Å². The largest absolute Gasteiger partial charge is 0.351 e. The van der Waals surface area contributed by atoms with Crippen LogP contribution < -0.4 is 0 Å². The van der Waals surface area contributed by atoms with Gasteiger partial charge in [0.15, 0.2) is 0 Å². The number of carbonyl (C=O) groups is 2. The average Bonchev–Trinajstić information content (AvgIpc) is 3.46. The van der Waals surface area contributed by atoms with E-state index in [9.17, 15) is 22.8 Å². The highest BCUT2D eigenvalue weighted by molar-refractivity contribution is 6.00. The number of fused-ring (bicyclic) bond motifs is 4. The van der Waals surface area contributed by atoms with Crippen LogP contribution in [0.25, 0.3) is 10.9 Å². The monoisotopic (exact) mass is 508 g/mol. The second-order valence-corrected chi connectivity index (χ2v) is 9.44. The van der Waals surface area contributed by atoms with Crippen molar-refractivity contribution in [1.82, 2.24) is 29.5 Å². The molecule has 3 aromatic heterocycles. The maximum absolute atomic E-state index is 14.1. The maximum Gasteiger partial charge on any atom is 0.272 e. The quantitative estimate of drug-likeness (QED) is 0.450. The highest BCUT2D eigenvalue weighted by Crippen LogP contribution is 2.33. The summed E-state index contributed by atoms with van der Waals surface area (Å²) in [5, 5.41) is 4.64. The molecule has 2 amide bonds. The van der Waals surface area contributed by atoms with E-state index in [2.05, 4.69) is 15.1 Å². The summed E-state index contributed by atoms with van der Waals surface area (Å²) in [5.74, 6) is -1.60. The Kier molecular flexibility index (Phi) is 5.50. The number of halogens is 3. The molecule has 0 saturated carbocycles. The summed E-state index contributed by atoms with van der Waals surface area (Å²) in [6.45, 7) is 3.43. The number of pyridine rings is 1. The Morgan fingerprint density at radius 1 is 1.22 bits per heavy atom. The van der Waals surface area contributed by atoms with E-state index in [0.29, 0.717) is 37.3 Å². The molecule has 0 unspecified atom stereocenters. The molecule has 0 aliphatic carbocycles. The normalized spacial score (nSPS) is 17.4. The summed E-state index contributed by atoms with van der Waals surface area (Å²) in [7, 11) is 0. The minimum absolute atomic E-state index is 0.0213. The fourth-order valence-corrected chi connectivity index (χ4v) is 5.26. The standard InChI is InChI=1S/C26H23F3N6O2/c1-14-10-20-17(23-26(37)33(8-9-35(23)32-20)12-15-4-2-3-7-30-15)13-34(14)25(36)21-11-16-19(31-21)6-5-18(27)22(16)24(28)29/h2-7,11,14,24,31H,8-10,12-13H2,1H3/t14-/m1/s1. The lowest BCUT2D eigenvalue weighted by molar-refractivity contribution is 0.0633. The summed E-state index contributed by atoms with van der Waals surface area (Å²) < 4.78 is 42.7. The summed E-state index contributed by atoms with van der Waals surface area (Å²) in [6.07, 6.45) is -0.882. The number of H-pyrrole nitrogens is 1. The Hall–Kier alpha value is -4.15. The second kappa shape index (κ2) is 8.75. The van der Waals surface area contributed by atoms with Crippen LogP contribution in [0.4, 0.5) is 13.2 Å². The number of alkyl halides is 2. The van der Waals surface area contributed by atoms with Gasteiger partial charge in [-0.1, -0.05) is 6.07 Å². The molecule has 37 heavy (non-hydrogen) atoms. The summed E-state index contributed by atoms with van der Waals surface area (Å²) in [4.78, 5) is 37.5. The molecule has 0 saturated heterocycles. The van der Waals surface area contributed by atoms with Gasteiger partial charge in [0, 0.05) is 41.7 Å². The van der Waals surface area contributed by atoms with Gasteiger partial charge in [-0.05, 0) is 37.3 Å². The number of nitrogens with one attached hydrogen (secondary N) is 1. The molecule has 0 bridgehead atoms. The molecule has 1 atom stereocenters. The third kappa shape index (κ3) is 3.85. The molecule has 2 aliphatic heterocycles. The fraction of sp³-hybridized carbons (Fsp3) is 0.308. The fourth-order valence-electron chi connectivity index (χ4n) is 5.26. The summed E-state index contributed by atoms with van der Waals surface area (Å²) in [6, 6.07) is 8.89. The lowest BCUT2D eigenvalue weighted by Crippen LogP contribution is -2.44. The zero-order chi connectivity index (χ0) is 25.8. The van der Waals surface area contributed by atoms with Gasteiger partial charge >= 0.3 is 0 Å². The Morgan fingerprint density at radius 2 is 2.05 bits per heavy atom. The van der Waals surface area contributed by atoms with E-state index in [-0.39, 0.29) is 35.1 Å². The number of hydrogen-bond acceptors (Lipinski definition) is 4. The molecule has 0 fully saturated rings. The number of rotatable bonds is 4. The van der Waals surface area contributed by atoms with Gasteiger partial charge in [0.1, 0.15) is 17.2 Å². The van der Waals surface area contributed by atoms with Crippen LogP contribution in [-0.2, 0) is 26.1 Å². The Morgan fingerprint density at radius 3 is 2.81 bits per heavy atom. The minimum atomic E-state index is -3.02. The van der Waals surface area contributed by atoms with Crippen LogP contribution in [-0.4, -0.2) is 53.9 Å². The number of amides is 2. The molecular formula is C26H23F3N6O2. The Bertz CT molecular complexity index is 1530. The lowest BCUT2D eigenvalue weighted by Gasteiger charge is -2.33. The van der Waals surface area contributed by atoms with E-state index in [1.165, 1.54) is 12.1 Å². The third-order valence-corrected chi connectivity index (χ3v) is 7.13. The zero-order valence-corrected chi connectivity index (χ0v) is 19.9. The lowest BCUT2D eigenvalue weighted by atomic mass is 9.98. The third-order valence-electron chi connectivity index (χ3n) is 7.13. The van der Waals surface area contributed by atoms with Crippen molar-refractivity contribution >= 4 is 22.7 Å². The molecule has 0 radical (unpaired) electrons. The van der Waals surface area contributed by atoms with Gasteiger partial charge in [0.25, 0.3) is 18.2 Å². The van der Waals surface area contributed by atoms with Gasteiger partial charge in [-0.3, -0.25) is 19.3 Å². The van der Waals surface area contributed by atoms with E-state index in [4.69, 9.17) is 0 Å². The van der Waals surface area contributed by atoms with Crippen LogP contribution in [0.15, 0.2) is 42.6 Å². The predicted octanol–water partition coefficient (Wildman–Crippen LogP) is 4.08. The molecule has 5 heterocycles. The minimum Gasteiger partial charge on any atom is -0.351 e. The highest BCUT2D eigenvalue weighted by Gasteiger charge is 2.37. The van der Waals surface area contributed by atoms with Crippen molar-refractivity contribution in [2.45, 2.75) is 45.4 Å². The van der Waals surface area contributed by atoms with Crippen molar-refractivity contribution < 1.29 is 22.8 Å². The molecule has 0 spiro atoms. The predicted molar refractivity (Wildman–Crippen MR) is 127 cm³/mol. The first-order chi connectivity index (χ1) is 17.8. The Labute approximate surface area is 209 Å². The molecule has 1 aromatic carbocycles. The smallest absolute Gasteiger partial charge is 0.272 e. The van der Waals surface area contributed by atoms with Crippen LogP contribution in [0.1, 0.15) is 56.8 Å². The van der Waals surface area contributed by atoms with Gasteiger partial charge in [-0.25, -0.2) is 13.2 Å². The van der Waals surface area contributed by atoms with Crippen molar-refractivity contribution in [3.63, 3.8) is 0 Å². The zero-order valence-electron chi connectivity index (χ0n) is 19.9. The van der Waals surface area contributed by atoms with Gasteiger partial charge in [0.2, 0.25) is 0 Å². The van der Waals surface area contributed by atoms with Crippen molar-refractivity contribution in [2.75, 3.05) is 6.54 Å². The summed E-state index contributed by atoms with van der Waals surface area (Å²) in [5.41, 5.74) is 2.32. The highest BCUT2D eigenvalue weighted by atomic mass is 19.3. The van der Waals surface area contributed by atoms with Crippen LogP contribution in [0, 0.1) is 5.82 Å². The van der Waals surface area contributed by atoms with E-state index in [0.717, 1.165) is 17.5 Å². The van der Waals surface area contributed by atoms with Crippen molar-refractivity contribution in [1.29, 1.82) is 0 Å². The van der Waals surface area contributed by atoms with E-state index in [1.807, 2.05) is 25.1 Å². The first-order valence-corrected chi connectivity index (χ1v) is 12.0. The van der Waals surface area contributed by atoms with Crippen molar-refractivity contribution in [3.8, 4) is 0 Å². The first-order valence-electron chi connectivity index (χ1n) is 12.0. The van der Waals surface area contributed by atoms with Crippen LogP contribution in [0.2, 0.25) is 0 Å². The van der Waals surface area contributed by atoms with E-state index >= 15 is 0 Å². The molecule has 2 aliphatic rings. The number of hydrogen-bond donors (Lipinski definition) is 1. The van der Waals surface area contributed by atoms with Gasteiger partial charge in [0.05, 0.1) is 36.6 Å². The molecular weight excluding hydrogens is 485 g/mol. The molecule has 190 valence electrons. The molecule has 11 heteroatoms. The van der Waals surface area contributed by atoms with Gasteiger partial charge in [-0.15, -0.1) is 0 Å². The van der Waals surface area contributed by atoms with Crippen LogP contribution in [0.5, 0.6) is 0 Å². The molecule has 1 N–H and O–H groups in total. The topological polar surface area (TPSA) is 87.1 Å². The average molecular weight is 509 g/mol. The SMILES string of the molecule is C[C@@H]1Cc2nn3c(c2CN1C(=O)c1cc2c(C(F)F)c(F)ccc2[nH]1)C(=O)N(Cc1ccccn1)CC3.